The van der Waals surface area contributed by atoms with Crippen LogP contribution in [0.15, 0.2) is 29.2 Å². The summed E-state index contributed by atoms with van der Waals surface area (Å²) in [5.74, 6) is 0.101. The number of thiophene rings is 1. The maximum absolute atomic E-state index is 13.1. The maximum atomic E-state index is 13.1. The van der Waals surface area contributed by atoms with Gasteiger partial charge in [0.15, 0.2) is 5.75 Å². The van der Waals surface area contributed by atoms with Gasteiger partial charge in [-0.05, 0) is 56.4 Å². The van der Waals surface area contributed by atoms with E-state index in [1.54, 1.807) is 31.6 Å². The van der Waals surface area contributed by atoms with Crippen molar-refractivity contribution >= 4 is 28.2 Å². The molecule has 0 aliphatic heterocycles. The summed E-state index contributed by atoms with van der Waals surface area (Å²) in [6, 6.07) is 6.41. The molecule has 2 heterocycles. The lowest BCUT2D eigenvalue weighted by atomic mass is 10.0. The normalized spacial score (nSPS) is 17.9. The minimum Gasteiger partial charge on any atom is -0.494 e. The van der Waals surface area contributed by atoms with Gasteiger partial charge in [0, 0.05) is 33.6 Å². The molecule has 1 unspecified atom stereocenters. The average molecular weight is 425 g/mol. The van der Waals surface area contributed by atoms with Crippen LogP contribution >= 0.6 is 11.3 Å². The van der Waals surface area contributed by atoms with Crippen LogP contribution in [-0.4, -0.2) is 30.3 Å². The molecule has 3 aromatic rings. The van der Waals surface area contributed by atoms with Crippen molar-refractivity contribution in [2.75, 3.05) is 13.7 Å². The van der Waals surface area contributed by atoms with Crippen molar-refractivity contribution < 1.29 is 14.3 Å². The summed E-state index contributed by atoms with van der Waals surface area (Å²) in [5.41, 5.74) is 8.88. The lowest BCUT2D eigenvalue weighted by Crippen LogP contribution is -2.21. The number of nitrogens with zero attached hydrogens (tertiary/aromatic N) is 1. The second-order valence-corrected chi connectivity index (χ2v) is 9.14. The largest absolute Gasteiger partial charge is 0.494 e. The van der Waals surface area contributed by atoms with Crippen LogP contribution in [0.3, 0.4) is 0 Å². The topological polar surface area (TPSA) is 83.6 Å². The molecule has 0 radical (unpaired) electrons. The molecule has 6 nitrogen and oxygen atoms in total. The second kappa shape index (κ2) is 7.25. The van der Waals surface area contributed by atoms with Crippen LogP contribution in [0.1, 0.15) is 46.6 Å². The number of aromatic nitrogens is 1. The lowest BCUT2D eigenvalue weighted by Gasteiger charge is -2.17. The first-order valence-electron chi connectivity index (χ1n) is 10.3. The van der Waals surface area contributed by atoms with Gasteiger partial charge in [-0.2, -0.15) is 0 Å². The molecule has 0 amide bonds. The molecule has 1 aromatic carbocycles. The predicted molar refractivity (Wildman–Crippen MR) is 118 cm³/mol. The van der Waals surface area contributed by atoms with Gasteiger partial charge < -0.3 is 19.8 Å². The van der Waals surface area contributed by atoms with Crippen LogP contribution in [0.5, 0.6) is 5.75 Å². The zero-order valence-corrected chi connectivity index (χ0v) is 17.9. The number of hydrogen-bond acceptors (Lipinski definition) is 6. The third kappa shape index (κ3) is 3.04. The first kappa shape index (κ1) is 19.3. The fraction of sp³-hybridized carbons (Fsp3) is 0.391. The van der Waals surface area contributed by atoms with Gasteiger partial charge >= 0.3 is 5.97 Å². The molecule has 2 aliphatic carbocycles. The second-order valence-electron chi connectivity index (χ2n) is 8.00. The van der Waals surface area contributed by atoms with Crippen LogP contribution in [0.4, 0.5) is 0 Å². The van der Waals surface area contributed by atoms with Crippen LogP contribution in [0.25, 0.3) is 21.3 Å². The van der Waals surface area contributed by atoms with Crippen LogP contribution in [0, 0.1) is 0 Å². The molecule has 2 aliphatic rings. The number of pyridine rings is 1. The van der Waals surface area contributed by atoms with Gasteiger partial charge in [0.2, 0.25) is 5.43 Å². The van der Waals surface area contributed by atoms with Crippen LogP contribution in [0.2, 0.25) is 0 Å². The number of esters is 1. The van der Waals surface area contributed by atoms with Crippen molar-refractivity contribution in [1.82, 2.24) is 4.57 Å². The molecule has 1 saturated carbocycles. The van der Waals surface area contributed by atoms with Crippen molar-refractivity contribution in [2.24, 2.45) is 5.73 Å². The van der Waals surface area contributed by atoms with E-state index >= 15 is 0 Å². The number of fused-ring (bicyclic) bond motifs is 2. The number of carbonyl (C=O) groups excluding carboxylic acids is 1. The Morgan fingerprint density at radius 1 is 1.30 bits per heavy atom. The molecule has 0 spiro atoms. The standard InChI is InChI=1S/C23H24N2O4S/c1-3-29-23(27)17-11-25(14-4-5-14)20-16(21(17)26)7-6-15(22(20)28-2)19-9-12-8-13(24)10-18(12)30-19/h6-7,9,11,13-14H,3-5,8,10,24H2,1-2H3. The summed E-state index contributed by atoms with van der Waals surface area (Å²) in [6.07, 6.45) is 5.49. The summed E-state index contributed by atoms with van der Waals surface area (Å²) < 4.78 is 13.0. The minimum atomic E-state index is -0.576. The number of methoxy groups -OCH3 is 1. The van der Waals surface area contributed by atoms with Crippen LogP contribution in [-0.2, 0) is 17.6 Å². The van der Waals surface area contributed by atoms with Crippen molar-refractivity contribution in [3.8, 4) is 16.2 Å². The van der Waals surface area contributed by atoms with Crippen molar-refractivity contribution in [3.63, 3.8) is 0 Å². The van der Waals surface area contributed by atoms with E-state index in [9.17, 15) is 9.59 Å². The van der Waals surface area contributed by atoms with Gasteiger partial charge in [-0.25, -0.2) is 4.79 Å². The number of nitrogens with two attached hydrogens (primary N) is 1. The first-order valence-corrected chi connectivity index (χ1v) is 11.1. The van der Waals surface area contributed by atoms with E-state index in [1.807, 2.05) is 16.7 Å². The third-order valence-corrected chi connectivity index (χ3v) is 7.11. The highest BCUT2D eigenvalue weighted by molar-refractivity contribution is 7.15. The van der Waals surface area contributed by atoms with E-state index in [1.165, 1.54) is 10.4 Å². The highest BCUT2D eigenvalue weighted by Gasteiger charge is 2.30. The third-order valence-electron chi connectivity index (χ3n) is 5.88. The average Bonchev–Trinajstić information content (AvgIpc) is 3.41. The number of ether oxygens (including phenoxy) is 2. The molecule has 0 bridgehead atoms. The number of carbonyl (C=O) groups is 1. The Morgan fingerprint density at radius 2 is 2.10 bits per heavy atom. The molecule has 2 aromatic heterocycles. The zero-order chi connectivity index (χ0) is 21.0. The number of hydrogen-bond donors (Lipinski definition) is 1. The molecule has 2 N–H and O–H groups in total. The molecular weight excluding hydrogens is 400 g/mol. The van der Waals surface area contributed by atoms with Gasteiger partial charge in [-0.1, -0.05) is 0 Å². The lowest BCUT2D eigenvalue weighted by molar-refractivity contribution is 0.0524. The van der Waals surface area contributed by atoms with E-state index in [2.05, 4.69) is 6.07 Å². The molecule has 1 fully saturated rings. The molecular formula is C23H24N2O4S. The monoisotopic (exact) mass is 424 g/mol. The molecule has 1 atom stereocenters. The Kier molecular flexibility index (Phi) is 4.67. The smallest absolute Gasteiger partial charge is 0.343 e. The van der Waals surface area contributed by atoms with Gasteiger partial charge in [0.25, 0.3) is 0 Å². The summed E-state index contributed by atoms with van der Waals surface area (Å²) in [6.45, 7) is 1.97. The van der Waals surface area contributed by atoms with Crippen LogP contribution < -0.4 is 15.9 Å². The van der Waals surface area contributed by atoms with Crippen molar-refractivity contribution in [1.29, 1.82) is 0 Å². The van der Waals surface area contributed by atoms with Gasteiger partial charge in [-0.15, -0.1) is 11.3 Å². The minimum absolute atomic E-state index is 0.0788. The van der Waals surface area contributed by atoms with Gasteiger partial charge in [0.05, 0.1) is 24.6 Å². The van der Waals surface area contributed by atoms with E-state index < -0.39 is 5.97 Å². The highest BCUT2D eigenvalue weighted by atomic mass is 32.1. The zero-order valence-electron chi connectivity index (χ0n) is 17.1. The predicted octanol–water partition coefficient (Wildman–Crippen LogP) is 3.68. The Bertz CT molecular complexity index is 1200. The summed E-state index contributed by atoms with van der Waals surface area (Å²) in [4.78, 5) is 28.0. The van der Waals surface area contributed by atoms with Crippen molar-refractivity contribution in [3.05, 3.63) is 50.6 Å². The van der Waals surface area contributed by atoms with E-state index in [0.29, 0.717) is 11.1 Å². The SMILES string of the molecule is CCOC(=O)c1cn(C2CC2)c2c(OC)c(-c3cc4c(s3)CC(N)C4)ccc2c1=O. The quantitative estimate of drug-likeness (QED) is 0.632. The highest BCUT2D eigenvalue weighted by Crippen LogP contribution is 2.45. The Hall–Kier alpha value is -2.64. The van der Waals surface area contributed by atoms with E-state index in [0.717, 1.165) is 41.6 Å². The Labute approximate surface area is 178 Å². The van der Waals surface area contributed by atoms with E-state index in [4.69, 9.17) is 15.2 Å². The molecule has 30 heavy (non-hydrogen) atoms. The summed E-state index contributed by atoms with van der Waals surface area (Å²) in [5, 5.41) is 0.485. The van der Waals surface area contributed by atoms with Gasteiger partial charge in [-0.3, -0.25) is 4.79 Å². The molecule has 5 rings (SSSR count). The molecule has 156 valence electrons. The Morgan fingerprint density at radius 3 is 2.77 bits per heavy atom. The first-order chi connectivity index (χ1) is 14.5. The van der Waals surface area contributed by atoms with Crippen molar-refractivity contribution in [2.45, 2.75) is 44.7 Å². The summed E-state index contributed by atoms with van der Waals surface area (Å²) in [7, 11) is 1.64. The number of benzene rings is 1. The Balaban J connectivity index is 1.73. The fourth-order valence-corrected chi connectivity index (χ4v) is 5.66. The van der Waals surface area contributed by atoms with E-state index in [-0.39, 0.29) is 29.7 Å². The maximum Gasteiger partial charge on any atom is 0.343 e. The molecule has 7 heteroatoms. The number of rotatable bonds is 5. The van der Waals surface area contributed by atoms with Gasteiger partial charge in [0.1, 0.15) is 5.56 Å². The molecule has 0 saturated heterocycles. The summed E-state index contributed by atoms with van der Waals surface area (Å²) >= 11 is 1.74. The fourth-order valence-electron chi connectivity index (χ4n) is 4.35.